The van der Waals surface area contributed by atoms with E-state index in [9.17, 15) is 10.2 Å². The molecule has 0 heterocycles. The molecule has 86 valence electrons. The molecule has 0 fully saturated rings. The second-order valence-electron chi connectivity index (χ2n) is 4.75. The molecule has 0 spiro atoms. The summed E-state index contributed by atoms with van der Waals surface area (Å²) in [5.74, 6) is 0. The second kappa shape index (κ2) is 6.38. The Kier molecular flexibility index (Phi) is 6.33. The highest BCUT2D eigenvalue weighted by Gasteiger charge is 2.18. The molecule has 0 aliphatic heterocycles. The molecular weight excluding hydrogens is 178 g/mol. The summed E-state index contributed by atoms with van der Waals surface area (Å²) in [6.07, 6.45) is 1.93. The van der Waals surface area contributed by atoms with E-state index >= 15 is 0 Å². The van der Waals surface area contributed by atoms with Crippen molar-refractivity contribution in [1.82, 2.24) is 4.90 Å². The van der Waals surface area contributed by atoms with Gasteiger partial charge in [-0.15, -0.1) is 0 Å². The van der Waals surface area contributed by atoms with Crippen LogP contribution in [-0.2, 0) is 0 Å². The molecule has 0 radical (unpaired) electrons. The van der Waals surface area contributed by atoms with E-state index in [1.807, 2.05) is 0 Å². The molecular formula is C11H25NO2. The maximum atomic E-state index is 9.68. The summed E-state index contributed by atoms with van der Waals surface area (Å²) in [5.41, 5.74) is -0.678. The lowest BCUT2D eigenvalue weighted by Gasteiger charge is -2.29. The number of hydrogen-bond acceptors (Lipinski definition) is 3. The van der Waals surface area contributed by atoms with Gasteiger partial charge in [0.05, 0.1) is 11.7 Å². The maximum Gasteiger partial charge on any atom is 0.0718 e. The molecule has 3 nitrogen and oxygen atoms in total. The summed E-state index contributed by atoms with van der Waals surface area (Å²) in [7, 11) is 0. The number of aliphatic hydroxyl groups is 2. The van der Waals surface area contributed by atoms with Crippen LogP contribution in [0.5, 0.6) is 0 Å². The van der Waals surface area contributed by atoms with Crippen LogP contribution in [0.2, 0.25) is 0 Å². The van der Waals surface area contributed by atoms with Gasteiger partial charge in [-0.2, -0.15) is 0 Å². The van der Waals surface area contributed by atoms with Crippen LogP contribution in [0.25, 0.3) is 0 Å². The van der Waals surface area contributed by atoms with Gasteiger partial charge in [0.2, 0.25) is 0 Å². The van der Waals surface area contributed by atoms with Gasteiger partial charge in [-0.05, 0) is 33.7 Å². The molecule has 0 saturated heterocycles. The van der Waals surface area contributed by atoms with Crippen LogP contribution < -0.4 is 0 Å². The van der Waals surface area contributed by atoms with E-state index in [0.29, 0.717) is 13.1 Å². The fraction of sp³-hybridized carbons (Fsp3) is 1.00. The summed E-state index contributed by atoms with van der Waals surface area (Å²) < 4.78 is 0. The molecule has 0 aromatic carbocycles. The third-order valence-electron chi connectivity index (χ3n) is 1.96. The minimum Gasteiger partial charge on any atom is -0.392 e. The third-order valence-corrected chi connectivity index (χ3v) is 1.96. The Morgan fingerprint density at radius 2 is 1.93 bits per heavy atom. The van der Waals surface area contributed by atoms with Crippen molar-refractivity contribution in [2.75, 3.05) is 19.6 Å². The molecule has 14 heavy (non-hydrogen) atoms. The lowest BCUT2D eigenvalue weighted by atomic mass is 10.1. The van der Waals surface area contributed by atoms with Gasteiger partial charge in [0, 0.05) is 13.1 Å². The van der Waals surface area contributed by atoms with Gasteiger partial charge in [0.1, 0.15) is 0 Å². The fourth-order valence-electron chi connectivity index (χ4n) is 1.54. The van der Waals surface area contributed by atoms with Crippen LogP contribution in [0.15, 0.2) is 0 Å². The molecule has 0 amide bonds. The van der Waals surface area contributed by atoms with E-state index in [4.69, 9.17) is 0 Å². The molecule has 2 N–H and O–H groups in total. The van der Waals surface area contributed by atoms with Crippen molar-refractivity contribution in [3.05, 3.63) is 0 Å². The lowest BCUT2D eigenvalue weighted by molar-refractivity contribution is 0.0209. The van der Waals surface area contributed by atoms with E-state index in [-0.39, 0.29) is 6.10 Å². The molecule has 0 aromatic rings. The number of nitrogens with zero attached hydrogens (tertiary/aromatic N) is 1. The Hall–Kier alpha value is -0.120. The van der Waals surface area contributed by atoms with Gasteiger partial charge < -0.3 is 10.2 Å². The first kappa shape index (κ1) is 13.9. The van der Waals surface area contributed by atoms with Gasteiger partial charge in [-0.1, -0.05) is 13.3 Å². The smallest absolute Gasteiger partial charge is 0.0718 e. The number of unbranched alkanes of at least 4 members (excludes halogenated alkanes) is 1. The Morgan fingerprint density at radius 1 is 1.36 bits per heavy atom. The van der Waals surface area contributed by atoms with E-state index in [2.05, 4.69) is 11.8 Å². The van der Waals surface area contributed by atoms with Crippen LogP contribution in [-0.4, -0.2) is 46.5 Å². The first-order valence-corrected chi connectivity index (χ1v) is 5.48. The standard InChI is InChI=1S/C11H25NO2/c1-5-6-7-12(8-10(2)13)9-11(3,4)14/h10,13-14H,5-9H2,1-4H3. The first-order chi connectivity index (χ1) is 6.35. The zero-order chi connectivity index (χ0) is 11.2. The van der Waals surface area contributed by atoms with E-state index in [1.165, 1.54) is 0 Å². The second-order valence-corrected chi connectivity index (χ2v) is 4.75. The minimum absolute atomic E-state index is 0.325. The molecule has 0 saturated carbocycles. The van der Waals surface area contributed by atoms with Crippen molar-refractivity contribution < 1.29 is 10.2 Å². The van der Waals surface area contributed by atoms with Gasteiger partial charge in [0.15, 0.2) is 0 Å². The molecule has 0 aliphatic carbocycles. The highest BCUT2D eigenvalue weighted by molar-refractivity contribution is 4.73. The number of hydrogen-bond donors (Lipinski definition) is 2. The van der Waals surface area contributed by atoms with Crippen molar-refractivity contribution in [3.63, 3.8) is 0 Å². The molecule has 1 unspecified atom stereocenters. The highest BCUT2D eigenvalue weighted by atomic mass is 16.3. The third kappa shape index (κ3) is 8.48. The largest absolute Gasteiger partial charge is 0.392 e. The van der Waals surface area contributed by atoms with Crippen LogP contribution in [0.4, 0.5) is 0 Å². The van der Waals surface area contributed by atoms with Gasteiger partial charge >= 0.3 is 0 Å². The monoisotopic (exact) mass is 203 g/mol. The zero-order valence-corrected chi connectivity index (χ0v) is 9.95. The maximum absolute atomic E-state index is 9.68. The summed E-state index contributed by atoms with van der Waals surface area (Å²) in [6.45, 7) is 9.74. The summed E-state index contributed by atoms with van der Waals surface area (Å²) in [5, 5.41) is 19.0. The molecule has 0 bridgehead atoms. The number of rotatable bonds is 7. The Labute approximate surface area is 87.7 Å². The average molecular weight is 203 g/mol. The lowest BCUT2D eigenvalue weighted by Crippen LogP contribution is -2.42. The zero-order valence-electron chi connectivity index (χ0n) is 9.95. The van der Waals surface area contributed by atoms with Gasteiger partial charge in [-0.3, -0.25) is 4.90 Å². The van der Waals surface area contributed by atoms with Crippen molar-refractivity contribution in [2.45, 2.75) is 52.2 Å². The highest BCUT2D eigenvalue weighted by Crippen LogP contribution is 2.07. The quantitative estimate of drug-likeness (QED) is 0.654. The SMILES string of the molecule is CCCCN(CC(C)O)CC(C)(C)O. The Balaban J connectivity index is 3.97. The van der Waals surface area contributed by atoms with E-state index in [1.54, 1.807) is 20.8 Å². The minimum atomic E-state index is -0.678. The summed E-state index contributed by atoms with van der Waals surface area (Å²) >= 11 is 0. The van der Waals surface area contributed by atoms with Crippen LogP contribution >= 0.6 is 0 Å². The predicted octanol–water partition coefficient (Wildman–Crippen LogP) is 1.24. The number of aliphatic hydroxyl groups excluding tert-OH is 1. The van der Waals surface area contributed by atoms with Gasteiger partial charge in [0.25, 0.3) is 0 Å². The topological polar surface area (TPSA) is 43.7 Å². The molecule has 0 aromatic heterocycles. The average Bonchev–Trinajstić information content (AvgIpc) is 1.96. The van der Waals surface area contributed by atoms with E-state index in [0.717, 1.165) is 19.4 Å². The predicted molar refractivity (Wildman–Crippen MR) is 59.3 cm³/mol. The molecule has 0 rings (SSSR count). The van der Waals surface area contributed by atoms with Crippen molar-refractivity contribution in [3.8, 4) is 0 Å². The molecule has 0 aliphatic rings. The Bertz CT molecular complexity index is 141. The molecule has 3 heteroatoms. The molecule has 1 atom stereocenters. The summed E-state index contributed by atoms with van der Waals surface area (Å²) in [6, 6.07) is 0. The van der Waals surface area contributed by atoms with Gasteiger partial charge in [-0.25, -0.2) is 0 Å². The fourth-order valence-corrected chi connectivity index (χ4v) is 1.54. The Morgan fingerprint density at radius 3 is 2.29 bits per heavy atom. The summed E-state index contributed by atoms with van der Waals surface area (Å²) in [4.78, 5) is 2.12. The first-order valence-electron chi connectivity index (χ1n) is 5.48. The van der Waals surface area contributed by atoms with Crippen LogP contribution in [0, 0.1) is 0 Å². The van der Waals surface area contributed by atoms with E-state index < -0.39 is 5.60 Å². The normalized spacial score (nSPS) is 14.8. The van der Waals surface area contributed by atoms with Crippen molar-refractivity contribution in [2.24, 2.45) is 0 Å². The van der Waals surface area contributed by atoms with Crippen LogP contribution in [0.1, 0.15) is 40.5 Å². The van der Waals surface area contributed by atoms with Crippen molar-refractivity contribution in [1.29, 1.82) is 0 Å². The van der Waals surface area contributed by atoms with Crippen LogP contribution in [0.3, 0.4) is 0 Å². The van der Waals surface area contributed by atoms with Crippen molar-refractivity contribution >= 4 is 0 Å².